The van der Waals surface area contributed by atoms with Crippen molar-refractivity contribution >= 4 is 34.8 Å². The van der Waals surface area contributed by atoms with E-state index in [-0.39, 0.29) is 5.69 Å². The van der Waals surface area contributed by atoms with E-state index >= 15 is 0 Å². The first-order valence-corrected chi connectivity index (χ1v) is 6.79. The number of hydrogen-bond acceptors (Lipinski definition) is 4. The molecule has 2 N–H and O–H groups in total. The summed E-state index contributed by atoms with van der Waals surface area (Å²) in [6, 6.07) is 2.75. The standard InChI is InChI=1S/C15H15F3N2O4/c1-8(21)5-13(23)19-10-3-4-12(11(7-10)15(16,17)18)20-14(24)6-9(2)22/h3-4,7H,5-6H2,1-2H3,(H,19,23)(H,20,24). The lowest BCUT2D eigenvalue weighted by Crippen LogP contribution is -2.19. The van der Waals surface area contributed by atoms with E-state index in [4.69, 9.17) is 0 Å². The van der Waals surface area contributed by atoms with Crippen LogP contribution in [0, 0.1) is 0 Å². The van der Waals surface area contributed by atoms with Gasteiger partial charge in [0.25, 0.3) is 0 Å². The van der Waals surface area contributed by atoms with Crippen LogP contribution in [0.25, 0.3) is 0 Å². The highest BCUT2D eigenvalue weighted by Gasteiger charge is 2.34. The van der Waals surface area contributed by atoms with Crippen molar-refractivity contribution in [3.05, 3.63) is 23.8 Å². The van der Waals surface area contributed by atoms with Crippen LogP contribution >= 0.6 is 0 Å². The number of ketones is 2. The van der Waals surface area contributed by atoms with E-state index in [1.807, 2.05) is 5.32 Å². The first-order chi connectivity index (χ1) is 11.0. The van der Waals surface area contributed by atoms with Crippen molar-refractivity contribution in [1.29, 1.82) is 0 Å². The number of anilines is 2. The van der Waals surface area contributed by atoms with Gasteiger partial charge in [-0.3, -0.25) is 19.2 Å². The Labute approximate surface area is 135 Å². The zero-order chi connectivity index (χ0) is 18.5. The lowest BCUT2D eigenvalue weighted by Gasteiger charge is -2.15. The molecule has 2 amide bonds. The molecule has 0 radical (unpaired) electrons. The Hall–Kier alpha value is -2.71. The number of hydrogen-bond donors (Lipinski definition) is 2. The van der Waals surface area contributed by atoms with Crippen LogP contribution in [0.5, 0.6) is 0 Å². The van der Waals surface area contributed by atoms with Crippen molar-refractivity contribution in [1.82, 2.24) is 0 Å². The van der Waals surface area contributed by atoms with Crippen LogP contribution in [0.3, 0.4) is 0 Å². The fraction of sp³-hybridized carbons (Fsp3) is 0.333. The summed E-state index contributed by atoms with van der Waals surface area (Å²) in [4.78, 5) is 44.6. The van der Waals surface area contributed by atoms with Crippen molar-refractivity contribution in [3.63, 3.8) is 0 Å². The van der Waals surface area contributed by atoms with Crippen LogP contribution in [0.1, 0.15) is 32.3 Å². The molecule has 6 nitrogen and oxygen atoms in total. The molecule has 0 aromatic heterocycles. The molecule has 0 aliphatic heterocycles. The Balaban J connectivity index is 3.05. The molecule has 24 heavy (non-hydrogen) atoms. The van der Waals surface area contributed by atoms with E-state index in [1.54, 1.807) is 0 Å². The maximum absolute atomic E-state index is 13.1. The minimum atomic E-state index is -4.79. The van der Waals surface area contributed by atoms with Crippen LogP contribution in [-0.2, 0) is 25.4 Å². The first kappa shape index (κ1) is 19.3. The molecule has 1 aromatic carbocycles. The number of alkyl halides is 3. The number of halogens is 3. The second-order valence-electron chi connectivity index (χ2n) is 5.11. The molecule has 130 valence electrons. The van der Waals surface area contributed by atoms with E-state index in [9.17, 15) is 32.3 Å². The molecule has 0 spiro atoms. The zero-order valence-electron chi connectivity index (χ0n) is 12.9. The normalized spacial score (nSPS) is 10.9. The molecule has 0 aliphatic carbocycles. The number of nitrogens with one attached hydrogen (secondary N) is 2. The lowest BCUT2D eigenvalue weighted by molar-refractivity contribution is -0.137. The average molecular weight is 344 g/mol. The molecule has 0 aliphatic rings. The highest BCUT2D eigenvalue weighted by molar-refractivity contribution is 6.05. The molecule has 0 saturated heterocycles. The second kappa shape index (κ2) is 7.71. The van der Waals surface area contributed by atoms with Crippen molar-refractivity contribution in [3.8, 4) is 0 Å². The van der Waals surface area contributed by atoms with E-state index in [0.717, 1.165) is 19.1 Å². The third-order valence-electron chi connectivity index (χ3n) is 2.70. The molecule has 9 heteroatoms. The van der Waals surface area contributed by atoms with Crippen molar-refractivity contribution < 1.29 is 32.3 Å². The fourth-order valence-corrected chi connectivity index (χ4v) is 1.82. The van der Waals surface area contributed by atoms with Gasteiger partial charge in [0.2, 0.25) is 11.8 Å². The van der Waals surface area contributed by atoms with Gasteiger partial charge < -0.3 is 10.6 Å². The molecule has 0 heterocycles. The Bertz CT molecular complexity index is 684. The Morgan fingerprint density at radius 1 is 0.917 bits per heavy atom. The molecule has 0 bridgehead atoms. The number of carbonyl (C=O) groups excluding carboxylic acids is 4. The highest BCUT2D eigenvalue weighted by atomic mass is 19.4. The van der Waals surface area contributed by atoms with E-state index in [1.165, 1.54) is 6.92 Å². The molecular weight excluding hydrogens is 329 g/mol. The predicted molar refractivity (Wildman–Crippen MR) is 79.3 cm³/mol. The Morgan fingerprint density at radius 3 is 1.88 bits per heavy atom. The monoisotopic (exact) mass is 344 g/mol. The van der Waals surface area contributed by atoms with Crippen LogP contribution in [0.2, 0.25) is 0 Å². The third-order valence-corrected chi connectivity index (χ3v) is 2.70. The third kappa shape index (κ3) is 6.19. The molecule has 1 rings (SSSR count). The van der Waals surface area contributed by atoms with Crippen LogP contribution in [-0.4, -0.2) is 23.4 Å². The van der Waals surface area contributed by atoms with Gasteiger partial charge in [0, 0.05) is 5.69 Å². The summed E-state index contributed by atoms with van der Waals surface area (Å²) in [5.74, 6) is -2.55. The number of amides is 2. The number of carbonyl (C=O) groups is 4. The summed E-state index contributed by atoms with van der Waals surface area (Å²) >= 11 is 0. The van der Waals surface area contributed by atoms with Crippen molar-refractivity contribution in [2.75, 3.05) is 10.6 Å². The van der Waals surface area contributed by atoms with Crippen molar-refractivity contribution in [2.24, 2.45) is 0 Å². The molecule has 0 saturated carbocycles. The molecule has 0 fully saturated rings. The summed E-state index contributed by atoms with van der Waals surface area (Å²) in [6.45, 7) is 2.31. The van der Waals surface area contributed by atoms with Crippen molar-refractivity contribution in [2.45, 2.75) is 32.9 Å². The number of benzene rings is 1. The zero-order valence-corrected chi connectivity index (χ0v) is 12.9. The smallest absolute Gasteiger partial charge is 0.326 e. The van der Waals surface area contributed by atoms with Crippen LogP contribution in [0.4, 0.5) is 24.5 Å². The summed E-state index contributed by atoms with van der Waals surface area (Å²) in [7, 11) is 0. The summed E-state index contributed by atoms with van der Waals surface area (Å²) in [5.41, 5.74) is -1.88. The van der Waals surface area contributed by atoms with E-state index in [0.29, 0.717) is 6.07 Å². The van der Waals surface area contributed by atoms with Gasteiger partial charge in [0.15, 0.2) is 0 Å². The number of rotatable bonds is 6. The highest BCUT2D eigenvalue weighted by Crippen LogP contribution is 2.36. The minimum absolute atomic E-state index is 0.168. The second-order valence-corrected chi connectivity index (χ2v) is 5.11. The Kier molecular flexibility index (Phi) is 6.21. The molecule has 0 atom stereocenters. The summed E-state index contributed by atoms with van der Waals surface area (Å²) < 4.78 is 39.3. The minimum Gasteiger partial charge on any atom is -0.326 e. The quantitative estimate of drug-likeness (QED) is 0.776. The number of Topliss-reactive ketones (excluding diaryl/α,β-unsaturated/α-hetero) is 2. The topological polar surface area (TPSA) is 92.3 Å². The van der Waals surface area contributed by atoms with Gasteiger partial charge in [-0.1, -0.05) is 0 Å². The van der Waals surface area contributed by atoms with Gasteiger partial charge >= 0.3 is 6.18 Å². The molecular formula is C15H15F3N2O4. The maximum Gasteiger partial charge on any atom is 0.418 e. The SMILES string of the molecule is CC(=O)CC(=O)Nc1ccc(NC(=O)CC(C)=O)c(C(F)(F)F)c1. The summed E-state index contributed by atoms with van der Waals surface area (Å²) in [6.07, 6.45) is -5.80. The maximum atomic E-state index is 13.1. The lowest BCUT2D eigenvalue weighted by atomic mass is 10.1. The van der Waals surface area contributed by atoms with Crippen LogP contribution < -0.4 is 10.6 Å². The molecule has 0 unspecified atom stereocenters. The van der Waals surface area contributed by atoms with Gasteiger partial charge in [-0.15, -0.1) is 0 Å². The van der Waals surface area contributed by atoms with Crippen LogP contribution in [0.15, 0.2) is 18.2 Å². The van der Waals surface area contributed by atoms with E-state index in [2.05, 4.69) is 5.32 Å². The van der Waals surface area contributed by atoms with Gasteiger partial charge in [0.05, 0.1) is 24.1 Å². The largest absolute Gasteiger partial charge is 0.418 e. The molecule has 1 aromatic rings. The van der Waals surface area contributed by atoms with E-state index < -0.39 is 53.6 Å². The van der Waals surface area contributed by atoms with Gasteiger partial charge in [-0.05, 0) is 32.0 Å². The fourth-order valence-electron chi connectivity index (χ4n) is 1.82. The van der Waals surface area contributed by atoms with Gasteiger partial charge in [-0.25, -0.2) is 0 Å². The van der Waals surface area contributed by atoms with Gasteiger partial charge in [0.1, 0.15) is 11.6 Å². The Morgan fingerprint density at radius 2 is 1.42 bits per heavy atom. The first-order valence-electron chi connectivity index (χ1n) is 6.79. The average Bonchev–Trinajstić information content (AvgIpc) is 2.37. The predicted octanol–water partition coefficient (Wildman–Crippen LogP) is 2.54. The van der Waals surface area contributed by atoms with Gasteiger partial charge in [-0.2, -0.15) is 13.2 Å². The summed E-state index contributed by atoms with van der Waals surface area (Å²) in [5, 5.41) is 4.19.